The van der Waals surface area contributed by atoms with Crippen LogP contribution in [0.2, 0.25) is 0 Å². The summed E-state index contributed by atoms with van der Waals surface area (Å²) in [5.41, 5.74) is 5.24. The molecular formula is C13H25N3OS. The van der Waals surface area contributed by atoms with Crippen LogP contribution in [0.1, 0.15) is 39.0 Å². The lowest BCUT2D eigenvalue weighted by Crippen LogP contribution is -2.51. The predicted molar refractivity (Wildman–Crippen MR) is 78.5 cm³/mol. The van der Waals surface area contributed by atoms with Crippen LogP contribution >= 0.6 is 12.2 Å². The molecule has 0 aliphatic heterocycles. The number of hydrogen-bond acceptors (Lipinski definition) is 3. The van der Waals surface area contributed by atoms with E-state index >= 15 is 0 Å². The molecule has 1 amide bonds. The Labute approximate surface area is 115 Å². The smallest absolute Gasteiger partial charge is 0.233 e. The van der Waals surface area contributed by atoms with Gasteiger partial charge in [0.2, 0.25) is 5.91 Å². The minimum atomic E-state index is -0.585. The lowest BCUT2D eigenvalue weighted by atomic mass is 9.73. The Hall–Kier alpha value is -0.680. The molecule has 0 unspecified atom stereocenters. The van der Waals surface area contributed by atoms with Crippen molar-refractivity contribution in [1.82, 2.24) is 10.2 Å². The molecule has 1 aliphatic rings. The second-order valence-electron chi connectivity index (χ2n) is 5.16. The van der Waals surface area contributed by atoms with Gasteiger partial charge < -0.3 is 16.0 Å². The van der Waals surface area contributed by atoms with Crippen molar-refractivity contribution in [3.63, 3.8) is 0 Å². The van der Waals surface area contributed by atoms with Gasteiger partial charge in [-0.3, -0.25) is 4.79 Å². The molecule has 1 aliphatic carbocycles. The zero-order valence-electron chi connectivity index (χ0n) is 11.5. The number of amides is 1. The highest BCUT2D eigenvalue weighted by molar-refractivity contribution is 7.80. The summed E-state index contributed by atoms with van der Waals surface area (Å²) in [5.74, 6) is 0.0270. The molecule has 1 saturated carbocycles. The summed E-state index contributed by atoms with van der Waals surface area (Å²) in [6.45, 7) is 4.60. The van der Waals surface area contributed by atoms with Crippen molar-refractivity contribution in [3.8, 4) is 0 Å². The van der Waals surface area contributed by atoms with Crippen LogP contribution in [0.25, 0.3) is 0 Å². The Morgan fingerprint density at radius 2 is 2.00 bits per heavy atom. The number of rotatable bonds is 6. The average Bonchev–Trinajstić information content (AvgIpc) is 2.38. The highest BCUT2D eigenvalue weighted by atomic mass is 32.1. The molecule has 5 heteroatoms. The van der Waals surface area contributed by atoms with E-state index in [0.29, 0.717) is 11.5 Å². The number of nitrogens with zero attached hydrogens (tertiary/aromatic N) is 1. The van der Waals surface area contributed by atoms with E-state index in [1.807, 2.05) is 7.05 Å². The minimum absolute atomic E-state index is 0.0270. The Balaban J connectivity index is 2.53. The number of nitrogens with two attached hydrogens (primary N) is 1. The molecule has 0 aromatic heterocycles. The molecule has 0 aromatic carbocycles. The number of carbonyl (C=O) groups is 1. The molecule has 104 valence electrons. The Kier molecular flexibility index (Phi) is 6.02. The van der Waals surface area contributed by atoms with E-state index in [4.69, 9.17) is 18.0 Å². The van der Waals surface area contributed by atoms with Gasteiger partial charge in [0.15, 0.2) is 0 Å². The van der Waals surface area contributed by atoms with E-state index in [-0.39, 0.29) is 5.91 Å². The third-order valence-electron chi connectivity index (χ3n) is 3.93. The van der Waals surface area contributed by atoms with Crippen LogP contribution < -0.4 is 11.1 Å². The molecule has 4 nitrogen and oxygen atoms in total. The van der Waals surface area contributed by atoms with Gasteiger partial charge in [-0.2, -0.15) is 0 Å². The lowest BCUT2D eigenvalue weighted by molar-refractivity contribution is -0.128. The van der Waals surface area contributed by atoms with Gasteiger partial charge in [0.05, 0.1) is 10.4 Å². The monoisotopic (exact) mass is 271 g/mol. The maximum Gasteiger partial charge on any atom is 0.233 e. The van der Waals surface area contributed by atoms with Gasteiger partial charge in [-0.1, -0.05) is 38.4 Å². The van der Waals surface area contributed by atoms with E-state index in [2.05, 4.69) is 17.1 Å². The van der Waals surface area contributed by atoms with Crippen LogP contribution in [-0.2, 0) is 4.79 Å². The fourth-order valence-electron chi connectivity index (χ4n) is 2.43. The molecule has 0 heterocycles. The van der Waals surface area contributed by atoms with Crippen molar-refractivity contribution in [2.24, 2.45) is 11.1 Å². The highest BCUT2D eigenvalue weighted by Crippen LogP contribution is 2.36. The normalized spacial score (nSPS) is 18.6. The molecule has 3 N–H and O–H groups in total. The van der Waals surface area contributed by atoms with Crippen molar-refractivity contribution in [1.29, 1.82) is 0 Å². The number of nitrogens with one attached hydrogen (secondary N) is 1. The van der Waals surface area contributed by atoms with Crippen LogP contribution in [0.5, 0.6) is 0 Å². The minimum Gasteiger partial charge on any atom is -0.392 e. The molecule has 0 radical (unpaired) electrons. The number of likely N-dealkylation sites (N-methyl/N-ethyl adjacent to an activating group) is 1. The Morgan fingerprint density at radius 3 is 2.50 bits per heavy atom. The summed E-state index contributed by atoms with van der Waals surface area (Å²) >= 11 is 5.14. The molecule has 0 bridgehead atoms. The summed E-state index contributed by atoms with van der Waals surface area (Å²) in [6, 6.07) is 0. The summed E-state index contributed by atoms with van der Waals surface area (Å²) < 4.78 is 0. The Morgan fingerprint density at radius 1 is 1.39 bits per heavy atom. The van der Waals surface area contributed by atoms with Gasteiger partial charge in [0, 0.05) is 13.1 Å². The first kappa shape index (κ1) is 15.4. The third kappa shape index (κ3) is 3.65. The van der Waals surface area contributed by atoms with Gasteiger partial charge in [-0.25, -0.2) is 0 Å². The first-order chi connectivity index (χ1) is 8.53. The van der Waals surface area contributed by atoms with E-state index in [1.165, 1.54) is 6.42 Å². The Bertz CT molecular complexity index is 301. The quantitative estimate of drug-likeness (QED) is 0.715. The summed E-state index contributed by atoms with van der Waals surface area (Å²) in [7, 11) is 2.04. The summed E-state index contributed by atoms with van der Waals surface area (Å²) in [6.07, 6.45) is 4.87. The second kappa shape index (κ2) is 7.04. The van der Waals surface area contributed by atoms with Crippen molar-refractivity contribution in [2.45, 2.75) is 39.0 Å². The molecule has 0 spiro atoms. The van der Waals surface area contributed by atoms with E-state index in [0.717, 1.165) is 38.8 Å². The number of thiocarbonyl (C=S) groups is 1. The zero-order chi connectivity index (χ0) is 13.6. The fraction of sp³-hybridized carbons (Fsp3) is 0.846. The number of carbonyl (C=O) groups excluding carboxylic acids is 1. The lowest BCUT2D eigenvalue weighted by Gasteiger charge is -2.34. The molecular weight excluding hydrogens is 246 g/mol. The molecule has 0 atom stereocenters. The topological polar surface area (TPSA) is 58.4 Å². The molecule has 0 aromatic rings. The summed E-state index contributed by atoms with van der Waals surface area (Å²) in [5, 5.41) is 2.99. The van der Waals surface area contributed by atoms with Gasteiger partial charge in [-0.05, 0) is 26.4 Å². The van der Waals surface area contributed by atoms with Gasteiger partial charge >= 0.3 is 0 Å². The molecule has 1 fully saturated rings. The maximum absolute atomic E-state index is 12.3. The van der Waals surface area contributed by atoms with Crippen molar-refractivity contribution in [3.05, 3.63) is 0 Å². The molecule has 18 heavy (non-hydrogen) atoms. The first-order valence-corrected chi connectivity index (χ1v) is 7.20. The van der Waals surface area contributed by atoms with Crippen LogP contribution in [0.4, 0.5) is 0 Å². The maximum atomic E-state index is 12.3. The largest absolute Gasteiger partial charge is 0.392 e. The van der Waals surface area contributed by atoms with Crippen LogP contribution in [0, 0.1) is 5.41 Å². The van der Waals surface area contributed by atoms with Crippen molar-refractivity contribution < 1.29 is 4.79 Å². The van der Waals surface area contributed by atoms with Crippen LogP contribution in [-0.4, -0.2) is 42.5 Å². The van der Waals surface area contributed by atoms with Gasteiger partial charge in [-0.15, -0.1) is 0 Å². The number of hydrogen-bond donors (Lipinski definition) is 2. The van der Waals surface area contributed by atoms with E-state index < -0.39 is 5.41 Å². The van der Waals surface area contributed by atoms with Gasteiger partial charge in [0.25, 0.3) is 0 Å². The fourth-order valence-corrected chi connectivity index (χ4v) is 2.73. The SMILES string of the molecule is CCN(C)CCNC(=O)C1(C(N)=S)CCCCC1. The van der Waals surface area contributed by atoms with E-state index in [9.17, 15) is 4.79 Å². The first-order valence-electron chi connectivity index (χ1n) is 6.79. The predicted octanol–water partition coefficient (Wildman–Crippen LogP) is 1.29. The van der Waals surface area contributed by atoms with Crippen LogP contribution in [0.15, 0.2) is 0 Å². The highest BCUT2D eigenvalue weighted by Gasteiger charge is 2.42. The zero-order valence-corrected chi connectivity index (χ0v) is 12.3. The standard InChI is InChI=1S/C13H25N3OS/c1-3-16(2)10-9-15-12(17)13(11(14)18)7-5-4-6-8-13/h3-10H2,1-2H3,(H2,14,18)(H,15,17). The van der Waals surface area contributed by atoms with Crippen molar-refractivity contribution in [2.75, 3.05) is 26.7 Å². The van der Waals surface area contributed by atoms with Crippen molar-refractivity contribution >= 4 is 23.1 Å². The molecule has 0 saturated heterocycles. The molecule has 1 rings (SSSR count). The van der Waals surface area contributed by atoms with Gasteiger partial charge in [0.1, 0.15) is 0 Å². The summed E-state index contributed by atoms with van der Waals surface area (Å²) in [4.78, 5) is 14.9. The average molecular weight is 271 g/mol. The third-order valence-corrected chi connectivity index (χ3v) is 4.32. The van der Waals surface area contributed by atoms with Crippen LogP contribution in [0.3, 0.4) is 0 Å². The van der Waals surface area contributed by atoms with E-state index in [1.54, 1.807) is 0 Å². The second-order valence-corrected chi connectivity index (χ2v) is 5.60.